The number of halogens is 1. The molecule has 2 aromatic heterocycles. The summed E-state index contributed by atoms with van der Waals surface area (Å²) in [6, 6.07) is 20.7. The fourth-order valence-corrected chi connectivity index (χ4v) is 4.55. The third-order valence-corrected chi connectivity index (χ3v) is 6.25. The Morgan fingerprint density at radius 3 is 2.27 bits per heavy atom. The number of aryl methyl sites for hydroxylation is 1. The van der Waals surface area contributed by atoms with Crippen LogP contribution in [0.3, 0.4) is 0 Å². The van der Waals surface area contributed by atoms with Crippen LogP contribution in [0.2, 0.25) is 0 Å². The molecule has 33 heavy (non-hydrogen) atoms. The molecule has 0 spiro atoms. The summed E-state index contributed by atoms with van der Waals surface area (Å²) in [6.07, 6.45) is 0. The lowest BCUT2D eigenvalue weighted by molar-refractivity contribution is -0.113. The Morgan fingerprint density at radius 2 is 1.67 bits per heavy atom. The van der Waals surface area contributed by atoms with E-state index in [1.807, 2.05) is 49.4 Å². The number of benzene rings is 2. The highest BCUT2D eigenvalue weighted by atomic mass is 35.5. The smallest absolute Gasteiger partial charge is 0.270 e. The number of H-pyrrole nitrogens is 1. The zero-order chi connectivity index (χ0) is 22.5. The molecule has 4 aromatic rings. The van der Waals surface area contributed by atoms with Gasteiger partial charge in [0.05, 0.1) is 17.1 Å². The number of nitriles is 1. The Hall–Kier alpha value is -3.45. The maximum Gasteiger partial charge on any atom is 0.270 e. The lowest BCUT2D eigenvalue weighted by atomic mass is 10.1. The number of hydrogen-bond acceptors (Lipinski definition) is 7. The van der Waals surface area contributed by atoms with Crippen LogP contribution in [0.4, 0.5) is 5.13 Å². The number of aromatic amines is 1. The second-order valence-corrected chi connectivity index (χ2v) is 8.87. The van der Waals surface area contributed by atoms with Gasteiger partial charge in [0.2, 0.25) is 5.91 Å². The Morgan fingerprint density at radius 1 is 1.06 bits per heavy atom. The van der Waals surface area contributed by atoms with E-state index in [2.05, 4.69) is 20.3 Å². The molecule has 10 heteroatoms. The van der Waals surface area contributed by atoms with E-state index in [4.69, 9.17) is 0 Å². The minimum Gasteiger partial charge on any atom is -0.301 e. The molecule has 166 valence electrons. The summed E-state index contributed by atoms with van der Waals surface area (Å²) in [5.74, 6) is -0.237. The van der Waals surface area contributed by atoms with E-state index in [1.54, 1.807) is 24.3 Å². The van der Waals surface area contributed by atoms with Crippen LogP contribution in [0.15, 0.2) is 70.6 Å². The van der Waals surface area contributed by atoms with Gasteiger partial charge in [-0.05, 0) is 6.92 Å². The van der Waals surface area contributed by atoms with Crippen molar-refractivity contribution >= 4 is 46.5 Å². The minimum atomic E-state index is -0.535. The summed E-state index contributed by atoms with van der Waals surface area (Å²) in [6.45, 7) is 1.96. The zero-order valence-corrected chi connectivity index (χ0v) is 19.8. The number of rotatable bonds is 6. The molecule has 0 fully saturated rings. The topological polar surface area (TPSA) is 112 Å². The Labute approximate surface area is 204 Å². The summed E-state index contributed by atoms with van der Waals surface area (Å²) in [4.78, 5) is 37.3. The van der Waals surface area contributed by atoms with Crippen LogP contribution in [-0.4, -0.2) is 26.6 Å². The van der Waals surface area contributed by atoms with Gasteiger partial charge in [-0.2, -0.15) is 5.26 Å². The van der Waals surface area contributed by atoms with Gasteiger partial charge in [0, 0.05) is 16.0 Å². The highest BCUT2D eigenvalue weighted by molar-refractivity contribution is 7.99. The molecule has 1 amide bonds. The number of thiazole rings is 1. The molecule has 0 aliphatic carbocycles. The van der Waals surface area contributed by atoms with E-state index in [1.165, 1.54) is 11.3 Å². The van der Waals surface area contributed by atoms with Crippen LogP contribution in [-0.2, 0) is 4.79 Å². The van der Waals surface area contributed by atoms with E-state index in [0.29, 0.717) is 16.4 Å². The summed E-state index contributed by atoms with van der Waals surface area (Å²) >= 11 is 2.49. The van der Waals surface area contributed by atoms with Crippen molar-refractivity contribution in [3.8, 4) is 28.6 Å². The fraction of sp³-hybridized carbons (Fsp3) is 0.0870. The number of anilines is 1. The highest BCUT2D eigenvalue weighted by Gasteiger charge is 2.16. The van der Waals surface area contributed by atoms with Crippen LogP contribution in [0.1, 0.15) is 10.4 Å². The monoisotopic (exact) mass is 495 g/mol. The van der Waals surface area contributed by atoms with Crippen molar-refractivity contribution in [3.05, 3.63) is 81.5 Å². The third-order valence-electron chi connectivity index (χ3n) is 4.49. The summed E-state index contributed by atoms with van der Waals surface area (Å²) in [7, 11) is 0. The molecule has 0 radical (unpaired) electrons. The third kappa shape index (κ3) is 5.68. The number of amides is 1. The molecule has 7 nitrogen and oxygen atoms in total. The predicted molar refractivity (Wildman–Crippen MR) is 134 cm³/mol. The molecule has 2 heterocycles. The molecular formula is C23H18ClN5O2S2. The van der Waals surface area contributed by atoms with Crippen LogP contribution in [0.25, 0.3) is 22.5 Å². The molecule has 4 rings (SSSR count). The van der Waals surface area contributed by atoms with Gasteiger partial charge >= 0.3 is 0 Å². The van der Waals surface area contributed by atoms with Gasteiger partial charge in [0.25, 0.3) is 5.56 Å². The van der Waals surface area contributed by atoms with Gasteiger partial charge in [-0.15, -0.1) is 23.7 Å². The van der Waals surface area contributed by atoms with Crippen LogP contribution in [0.5, 0.6) is 0 Å². The fourth-order valence-electron chi connectivity index (χ4n) is 3.03. The van der Waals surface area contributed by atoms with Crippen molar-refractivity contribution in [2.75, 3.05) is 11.1 Å². The first-order valence-corrected chi connectivity index (χ1v) is 11.4. The average Bonchev–Trinajstić information content (AvgIpc) is 3.18. The number of carbonyl (C=O) groups is 1. The molecular weight excluding hydrogens is 478 g/mol. The molecule has 0 saturated heterocycles. The van der Waals surface area contributed by atoms with Gasteiger partial charge in [-0.1, -0.05) is 72.4 Å². The minimum absolute atomic E-state index is 0. The van der Waals surface area contributed by atoms with Crippen LogP contribution < -0.4 is 10.9 Å². The Kier molecular flexibility index (Phi) is 8.01. The molecule has 2 aromatic carbocycles. The molecule has 2 N–H and O–H groups in total. The standard InChI is InChI=1S/C23H17N5O2S2.ClH/c1-14-19(15-8-4-2-5-9-15)26-23(32-14)25-18(29)13-31-22-27-20(16-10-6-3-7-11-16)17(12-24)21(30)28-22;/h2-11H,13H2,1H3,(H,25,26,29)(H,27,28,30);1H. The van der Waals surface area contributed by atoms with Crippen molar-refractivity contribution < 1.29 is 4.79 Å². The lowest BCUT2D eigenvalue weighted by Crippen LogP contribution is -2.17. The maximum absolute atomic E-state index is 12.5. The Balaban J connectivity index is 0.00000306. The number of aromatic nitrogens is 3. The number of thioether (sulfide) groups is 1. The SMILES string of the molecule is Cc1sc(NC(=O)CSc2nc(-c3ccccc3)c(C#N)c(=O)[nH]2)nc1-c1ccccc1.Cl. The normalized spacial score (nSPS) is 10.2. The number of carbonyl (C=O) groups excluding carboxylic acids is 1. The second kappa shape index (κ2) is 10.9. The molecule has 0 bridgehead atoms. The predicted octanol–water partition coefficient (Wildman–Crippen LogP) is 4.89. The first-order valence-electron chi connectivity index (χ1n) is 9.60. The second-order valence-electron chi connectivity index (χ2n) is 6.70. The maximum atomic E-state index is 12.5. The Bertz CT molecular complexity index is 1370. The van der Waals surface area contributed by atoms with Gasteiger partial charge < -0.3 is 10.3 Å². The molecule has 0 aliphatic rings. The van der Waals surface area contributed by atoms with Gasteiger partial charge in [0.15, 0.2) is 10.3 Å². The van der Waals surface area contributed by atoms with E-state index in [0.717, 1.165) is 27.9 Å². The van der Waals surface area contributed by atoms with E-state index in [-0.39, 0.29) is 34.8 Å². The largest absolute Gasteiger partial charge is 0.301 e. The number of nitrogens with one attached hydrogen (secondary N) is 2. The van der Waals surface area contributed by atoms with Crippen molar-refractivity contribution in [1.29, 1.82) is 5.26 Å². The lowest BCUT2D eigenvalue weighted by Gasteiger charge is -2.06. The molecule has 0 saturated carbocycles. The summed E-state index contributed by atoms with van der Waals surface area (Å²) < 4.78 is 0. The first-order chi connectivity index (χ1) is 15.5. The highest BCUT2D eigenvalue weighted by Crippen LogP contribution is 2.30. The average molecular weight is 496 g/mol. The van der Waals surface area contributed by atoms with E-state index >= 15 is 0 Å². The van der Waals surface area contributed by atoms with Crippen LogP contribution >= 0.6 is 35.5 Å². The van der Waals surface area contributed by atoms with Crippen LogP contribution in [0, 0.1) is 18.3 Å². The first kappa shape index (κ1) is 24.2. The quantitative estimate of drug-likeness (QED) is 0.291. The van der Waals surface area contributed by atoms with Crippen molar-refractivity contribution in [3.63, 3.8) is 0 Å². The summed E-state index contributed by atoms with van der Waals surface area (Å²) in [5.41, 5.74) is 2.19. The zero-order valence-electron chi connectivity index (χ0n) is 17.4. The van der Waals surface area contributed by atoms with Gasteiger partial charge in [-0.3, -0.25) is 9.59 Å². The molecule has 0 aliphatic heterocycles. The summed E-state index contributed by atoms with van der Waals surface area (Å²) in [5, 5.41) is 12.9. The van der Waals surface area contributed by atoms with Crippen molar-refractivity contribution in [1.82, 2.24) is 15.0 Å². The van der Waals surface area contributed by atoms with Gasteiger partial charge in [-0.25, -0.2) is 9.97 Å². The molecule has 0 atom stereocenters. The number of hydrogen-bond donors (Lipinski definition) is 2. The van der Waals surface area contributed by atoms with Crippen molar-refractivity contribution in [2.24, 2.45) is 0 Å². The van der Waals surface area contributed by atoms with E-state index in [9.17, 15) is 14.9 Å². The van der Waals surface area contributed by atoms with E-state index < -0.39 is 5.56 Å². The van der Waals surface area contributed by atoms with Crippen molar-refractivity contribution in [2.45, 2.75) is 12.1 Å². The van der Waals surface area contributed by atoms with Gasteiger partial charge in [0.1, 0.15) is 11.6 Å². The molecule has 0 unspecified atom stereocenters. The number of nitrogens with zero attached hydrogens (tertiary/aromatic N) is 3.